The highest BCUT2D eigenvalue weighted by Gasteiger charge is 2.33. The number of carbonyl (C=O) groups is 2. The molecule has 0 fully saturated rings. The first kappa shape index (κ1) is 19.3. The molecule has 0 heterocycles. The fourth-order valence-electron chi connectivity index (χ4n) is 2.29. The molecule has 2 aromatic carbocycles. The molecule has 26 heavy (non-hydrogen) atoms. The van der Waals surface area contributed by atoms with Gasteiger partial charge in [0.25, 0.3) is 5.91 Å². The molecule has 0 bridgehead atoms. The smallest absolute Gasteiger partial charge is 0.418 e. The number of anilines is 1. The van der Waals surface area contributed by atoms with Crippen molar-refractivity contribution in [1.82, 2.24) is 4.90 Å². The maximum Gasteiger partial charge on any atom is 0.418 e. The SMILES string of the molecule is COc1cccc(C(=O)N(C)CC(=O)Nc2ccccc2C(F)(F)F)c1. The van der Waals surface area contributed by atoms with Crippen molar-refractivity contribution >= 4 is 17.5 Å². The Kier molecular flexibility index (Phi) is 5.86. The molecule has 138 valence electrons. The Morgan fingerprint density at radius 3 is 2.46 bits per heavy atom. The average molecular weight is 366 g/mol. The highest BCUT2D eigenvalue weighted by molar-refractivity contribution is 5.99. The van der Waals surface area contributed by atoms with E-state index in [-0.39, 0.29) is 5.69 Å². The third-order valence-corrected chi connectivity index (χ3v) is 3.55. The molecule has 2 aromatic rings. The van der Waals surface area contributed by atoms with Crippen LogP contribution in [0.15, 0.2) is 48.5 Å². The lowest BCUT2D eigenvalue weighted by atomic mass is 10.1. The van der Waals surface area contributed by atoms with Crippen molar-refractivity contribution in [2.75, 3.05) is 26.0 Å². The molecule has 0 spiro atoms. The lowest BCUT2D eigenvalue weighted by Crippen LogP contribution is -2.35. The van der Waals surface area contributed by atoms with E-state index in [9.17, 15) is 22.8 Å². The van der Waals surface area contributed by atoms with E-state index in [2.05, 4.69) is 5.32 Å². The van der Waals surface area contributed by atoms with Gasteiger partial charge in [-0.15, -0.1) is 0 Å². The maximum absolute atomic E-state index is 13.0. The molecule has 0 atom stereocenters. The van der Waals surface area contributed by atoms with E-state index in [0.717, 1.165) is 17.0 Å². The molecular formula is C18H17F3N2O3. The summed E-state index contributed by atoms with van der Waals surface area (Å²) < 4.78 is 43.9. The fourth-order valence-corrected chi connectivity index (χ4v) is 2.29. The standard InChI is InChI=1S/C18H17F3N2O3/c1-23(17(25)12-6-5-7-13(10-12)26-2)11-16(24)22-15-9-4-3-8-14(15)18(19,20)21/h3-10H,11H2,1-2H3,(H,22,24). The van der Waals surface area contributed by atoms with Gasteiger partial charge < -0.3 is 15.0 Å². The molecule has 1 N–H and O–H groups in total. The molecule has 0 aromatic heterocycles. The van der Waals surface area contributed by atoms with Gasteiger partial charge in [-0.2, -0.15) is 13.2 Å². The molecule has 0 unspecified atom stereocenters. The number of benzene rings is 2. The first-order chi connectivity index (χ1) is 12.2. The second-order valence-corrected chi connectivity index (χ2v) is 5.48. The Morgan fingerprint density at radius 1 is 1.12 bits per heavy atom. The number of para-hydroxylation sites is 1. The quantitative estimate of drug-likeness (QED) is 0.882. The van der Waals surface area contributed by atoms with Gasteiger partial charge in [-0.05, 0) is 30.3 Å². The number of hydrogen-bond acceptors (Lipinski definition) is 3. The van der Waals surface area contributed by atoms with Crippen LogP contribution >= 0.6 is 0 Å². The minimum absolute atomic E-state index is 0.301. The summed E-state index contributed by atoms with van der Waals surface area (Å²) in [6.07, 6.45) is -4.59. The maximum atomic E-state index is 13.0. The van der Waals surface area contributed by atoms with E-state index in [0.29, 0.717) is 11.3 Å². The van der Waals surface area contributed by atoms with Crippen molar-refractivity contribution in [2.24, 2.45) is 0 Å². The van der Waals surface area contributed by atoms with E-state index >= 15 is 0 Å². The lowest BCUT2D eigenvalue weighted by Gasteiger charge is -2.18. The second kappa shape index (κ2) is 7.90. The van der Waals surface area contributed by atoms with E-state index in [1.54, 1.807) is 18.2 Å². The van der Waals surface area contributed by atoms with Crippen LogP contribution in [-0.2, 0) is 11.0 Å². The van der Waals surface area contributed by atoms with Crippen molar-refractivity contribution < 1.29 is 27.5 Å². The Labute approximate surface area is 148 Å². The van der Waals surface area contributed by atoms with Crippen LogP contribution in [-0.4, -0.2) is 37.4 Å². The van der Waals surface area contributed by atoms with Gasteiger partial charge >= 0.3 is 6.18 Å². The van der Waals surface area contributed by atoms with Crippen molar-refractivity contribution in [3.8, 4) is 5.75 Å². The van der Waals surface area contributed by atoms with Crippen LogP contribution in [0, 0.1) is 0 Å². The summed E-state index contributed by atoms with van der Waals surface area (Å²) in [5, 5.41) is 2.20. The van der Waals surface area contributed by atoms with Gasteiger partial charge in [-0.3, -0.25) is 9.59 Å². The molecule has 0 saturated carbocycles. The van der Waals surface area contributed by atoms with Crippen LogP contribution in [0.3, 0.4) is 0 Å². The Morgan fingerprint density at radius 2 is 1.81 bits per heavy atom. The first-order valence-corrected chi connectivity index (χ1v) is 7.58. The zero-order valence-corrected chi connectivity index (χ0v) is 14.1. The molecule has 2 amide bonds. The van der Waals surface area contributed by atoms with Crippen LogP contribution < -0.4 is 10.1 Å². The highest BCUT2D eigenvalue weighted by atomic mass is 19.4. The molecular weight excluding hydrogens is 349 g/mol. The second-order valence-electron chi connectivity index (χ2n) is 5.48. The number of amides is 2. The van der Waals surface area contributed by atoms with Crippen molar-refractivity contribution in [1.29, 1.82) is 0 Å². The van der Waals surface area contributed by atoms with Gasteiger partial charge in [0, 0.05) is 12.6 Å². The minimum Gasteiger partial charge on any atom is -0.497 e. The van der Waals surface area contributed by atoms with E-state index in [4.69, 9.17) is 4.74 Å². The summed E-state index contributed by atoms with van der Waals surface area (Å²) in [6, 6.07) is 11.0. The number of alkyl halides is 3. The molecule has 2 rings (SSSR count). The summed E-state index contributed by atoms with van der Waals surface area (Å²) in [7, 11) is 2.84. The van der Waals surface area contributed by atoms with Crippen LogP contribution in [0.1, 0.15) is 15.9 Å². The van der Waals surface area contributed by atoms with Gasteiger partial charge in [0.05, 0.1) is 24.9 Å². The first-order valence-electron chi connectivity index (χ1n) is 7.58. The fraction of sp³-hybridized carbons (Fsp3) is 0.222. The van der Waals surface area contributed by atoms with Crippen molar-refractivity contribution in [3.05, 3.63) is 59.7 Å². The highest BCUT2D eigenvalue weighted by Crippen LogP contribution is 2.34. The van der Waals surface area contributed by atoms with Gasteiger partial charge in [0.15, 0.2) is 0 Å². The van der Waals surface area contributed by atoms with Crippen LogP contribution in [0.5, 0.6) is 5.75 Å². The number of methoxy groups -OCH3 is 1. The van der Waals surface area contributed by atoms with Crippen LogP contribution in [0.4, 0.5) is 18.9 Å². The monoisotopic (exact) mass is 366 g/mol. The zero-order valence-electron chi connectivity index (χ0n) is 14.1. The normalized spacial score (nSPS) is 11.0. The van der Waals surface area contributed by atoms with Crippen molar-refractivity contribution in [3.63, 3.8) is 0 Å². The number of rotatable bonds is 5. The summed E-state index contributed by atoms with van der Waals surface area (Å²) in [6.45, 7) is -0.401. The number of nitrogens with one attached hydrogen (secondary N) is 1. The largest absolute Gasteiger partial charge is 0.497 e. The molecule has 0 radical (unpaired) electrons. The lowest BCUT2D eigenvalue weighted by molar-refractivity contribution is -0.137. The van der Waals surface area contributed by atoms with Gasteiger partial charge in [0.1, 0.15) is 5.75 Å². The summed E-state index contributed by atoms with van der Waals surface area (Å²) in [4.78, 5) is 25.5. The van der Waals surface area contributed by atoms with Gasteiger partial charge in [0.2, 0.25) is 5.91 Å². The molecule has 0 saturated heterocycles. The minimum atomic E-state index is -4.59. The number of nitrogens with zero attached hydrogens (tertiary/aromatic N) is 1. The van der Waals surface area contributed by atoms with Gasteiger partial charge in [-0.1, -0.05) is 18.2 Å². The Bertz CT molecular complexity index is 806. The summed E-state index contributed by atoms with van der Waals surface area (Å²) in [5.41, 5.74) is -1.00. The predicted octanol–water partition coefficient (Wildman–Crippen LogP) is 3.42. The number of carbonyl (C=O) groups excluding carboxylic acids is 2. The summed E-state index contributed by atoms with van der Waals surface area (Å²) >= 11 is 0. The zero-order chi connectivity index (χ0) is 19.3. The topological polar surface area (TPSA) is 58.6 Å². The van der Waals surface area contributed by atoms with Crippen molar-refractivity contribution in [2.45, 2.75) is 6.18 Å². The third-order valence-electron chi connectivity index (χ3n) is 3.55. The molecule has 5 nitrogen and oxygen atoms in total. The predicted molar refractivity (Wildman–Crippen MR) is 90.0 cm³/mol. The van der Waals surface area contributed by atoms with Gasteiger partial charge in [-0.25, -0.2) is 0 Å². The Hall–Kier alpha value is -3.03. The average Bonchev–Trinajstić information content (AvgIpc) is 2.60. The van der Waals surface area contributed by atoms with E-state index in [1.165, 1.54) is 32.4 Å². The molecule has 8 heteroatoms. The molecule has 0 aliphatic rings. The van der Waals surface area contributed by atoms with E-state index < -0.39 is 30.1 Å². The number of ether oxygens (including phenoxy) is 1. The van der Waals surface area contributed by atoms with E-state index in [1.807, 2.05) is 0 Å². The summed E-state index contributed by atoms with van der Waals surface area (Å²) in [5.74, 6) is -0.712. The molecule has 0 aliphatic heterocycles. The third kappa shape index (κ3) is 4.75. The number of halogens is 3. The van der Waals surface area contributed by atoms with Crippen LogP contribution in [0.25, 0.3) is 0 Å². The Balaban J connectivity index is 2.07. The molecule has 0 aliphatic carbocycles. The number of hydrogen-bond donors (Lipinski definition) is 1. The number of likely N-dealkylation sites (N-methyl/N-ethyl adjacent to an activating group) is 1. The van der Waals surface area contributed by atoms with Crippen LogP contribution in [0.2, 0.25) is 0 Å².